The summed E-state index contributed by atoms with van der Waals surface area (Å²) in [6.07, 6.45) is 3.90. The number of aromatic nitrogens is 2. The van der Waals surface area contributed by atoms with Crippen LogP contribution in [0, 0.1) is 0 Å². The van der Waals surface area contributed by atoms with Crippen molar-refractivity contribution in [2.24, 2.45) is 0 Å². The fraction of sp³-hybridized carbons (Fsp3) is 0.308. The van der Waals surface area contributed by atoms with E-state index in [1.807, 2.05) is 25.5 Å². The van der Waals surface area contributed by atoms with Crippen molar-refractivity contribution in [2.45, 2.75) is 11.7 Å². The summed E-state index contributed by atoms with van der Waals surface area (Å²) in [6, 6.07) is 10.5. The summed E-state index contributed by atoms with van der Waals surface area (Å²) in [4.78, 5) is 4.38. The van der Waals surface area contributed by atoms with Crippen LogP contribution in [0.4, 0.5) is 0 Å². The van der Waals surface area contributed by atoms with Crippen LogP contribution in [0.1, 0.15) is 6.99 Å². The van der Waals surface area contributed by atoms with Gasteiger partial charge in [-0.05, 0) is 12.6 Å². The molecule has 0 saturated heterocycles. The summed E-state index contributed by atoms with van der Waals surface area (Å²) in [5.41, 5.74) is 1.31. The molecule has 0 atom stereocenters. The maximum Gasteiger partial charge on any atom is 0.168 e. The number of hydrogen-bond donors (Lipinski definition) is 1. The number of thioether (sulfide) groups is 1. The molecular weight excluding hydrogens is 230 g/mol. The molecule has 1 N–H and O–H groups in total. The Balaban J connectivity index is 0.00000162. The van der Waals surface area contributed by atoms with Crippen molar-refractivity contribution in [3.05, 3.63) is 48.3 Å². The highest BCUT2D eigenvalue weighted by atomic mass is 32.2. The van der Waals surface area contributed by atoms with Crippen LogP contribution in [-0.4, -0.2) is 28.9 Å². The van der Waals surface area contributed by atoms with Gasteiger partial charge < -0.3 is 9.88 Å². The molecular formula is C13H19N3S. The summed E-state index contributed by atoms with van der Waals surface area (Å²) in [7, 11) is 1.97. The molecule has 0 saturated carbocycles. The van der Waals surface area contributed by atoms with Crippen LogP contribution < -0.4 is 5.32 Å². The third kappa shape index (κ3) is 3.61. The van der Waals surface area contributed by atoms with E-state index in [1.165, 1.54) is 5.56 Å². The van der Waals surface area contributed by atoms with Crippen LogP contribution in [0.2, 0.25) is 0 Å². The van der Waals surface area contributed by atoms with Gasteiger partial charge in [-0.2, -0.15) is 0 Å². The van der Waals surface area contributed by atoms with Gasteiger partial charge in [-0.3, -0.25) is 0 Å². The molecule has 0 radical (unpaired) electrons. The van der Waals surface area contributed by atoms with E-state index in [0.29, 0.717) is 0 Å². The Labute approximate surface area is 108 Å². The lowest BCUT2D eigenvalue weighted by atomic mass is 10.2. The molecule has 2 aromatic rings. The second kappa shape index (κ2) is 6.47. The van der Waals surface area contributed by atoms with Gasteiger partial charge >= 0.3 is 0 Å². The highest BCUT2D eigenvalue weighted by Crippen LogP contribution is 2.16. The van der Waals surface area contributed by atoms with Crippen molar-refractivity contribution in [3.63, 3.8) is 0 Å². The Morgan fingerprint density at radius 2 is 2.18 bits per heavy atom. The summed E-state index contributed by atoms with van der Waals surface area (Å²) in [6.45, 7) is 1.89. The second-order valence-electron chi connectivity index (χ2n) is 3.78. The highest BCUT2D eigenvalue weighted by Gasteiger charge is 2.03. The van der Waals surface area contributed by atoms with E-state index in [2.05, 4.69) is 39.1 Å². The second-order valence-corrected chi connectivity index (χ2v) is 4.84. The van der Waals surface area contributed by atoms with Gasteiger partial charge in [-0.15, -0.1) is 0 Å². The molecule has 17 heavy (non-hydrogen) atoms. The minimum Gasteiger partial charge on any atom is -0.322 e. The standard InChI is InChI=1S/C13H17N3S.H2/c1-14-8-10-17-13-15-7-9-16(13)11-12-5-3-2-4-6-12;/h2-7,9,14H,8,10-11H2,1H3;1H. The van der Waals surface area contributed by atoms with E-state index in [0.717, 1.165) is 24.0 Å². The summed E-state index contributed by atoms with van der Waals surface area (Å²) in [5, 5.41) is 4.23. The lowest BCUT2D eigenvalue weighted by molar-refractivity contribution is 0.708. The Bertz CT molecular complexity index is 445. The lowest BCUT2D eigenvalue weighted by Gasteiger charge is -2.07. The van der Waals surface area contributed by atoms with Gasteiger partial charge in [0, 0.05) is 32.7 Å². The number of nitrogens with zero attached hydrogens (tertiary/aromatic N) is 2. The van der Waals surface area contributed by atoms with Gasteiger partial charge in [0.05, 0.1) is 0 Å². The van der Waals surface area contributed by atoms with Gasteiger partial charge in [0.15, 0.2) is 5.16 Å². The van der Waals surface area contributed by atoms with Crippen molar-refractivity contribution in [3.8, 4) is 0 Å². The number of imidazole rings is 1. The maximum absolute atomic E-state index is 4.38. The van der Waals surface area contributed by atoms with E-state index in [1.54, 1.807) is 11.8 Å². The lowest BCUT2D eigenvalue weighted by Crippen LogP contribution is -2.10. The SMILES string of the molecule is CNCCSc1nccn1Cc1ccccc1.[HH]. The van der Waals surface area contributed by atoms with Gasteiger partial charge in [0.25, 0.3) is 0 Å². The first-order valence-electron chi connectivity index (χ1n) is 5.72. The number of hydrogen-bond acceptors (Lipinski definition) is 3. The number of rotatable bonds is 6. The first kappa shape index (κ1) is 12.2. The normalized spacial score (nSPS) is 10.6. The van der Waals surface area contributed by atoms with Crippen molar-refractivity contribution in [1.82, 2.24) is 14.9 Å². The number of benzene rings is 1. The monoisotopic (exact) mass is 249 g/mol. The predicted octanol–water partition coefficient (Wildman–Crippen LogP) is 2.49. The predicted molar refractivity (Wildman–Crippen MR) is 74.5 cm³/mol. The van der Waals surface area contributed by atoms with Crippen LogP contribution in [-0.2, 0) is 6.54 Å². The molecule has 0 spiro atoms. The zero-order valence-electron chi connectivity index (χ0n) is 9.97. The summed E-state index contributed by atoms with van der Waals surface area (Å²) in [5.74, 6) is 1.04. The van der Waals surface area contributed by atoms with Gasteiger partial charge in [-0.1, -0.05) is 42.1 Å². The van der Waals surface area contributed by atoms with Crippen molar-refractivity contribution in [2.75, 3.05) is 19.3 Å². The molecule has 92 valence electrons. The Morgan fingerprint density at radius 1 is 1.35 bits per heavy atom. The maximum atomic E-state index is 4.38. The Morgan fingerprint density at radius 3 is 2.94 bits per heavy atom. The Hall–Kier alpha value is -1.26. The molecule has 0 unspecified atom stereocenters. The molecule has 1 aromatic heterocycles. The molecule has 0 fully saturated rings. The fourth-order valence-corrected chi connectivity index (χ4v) is 2.50. The molecule has 3 nitrogen and oxygen atoms in total. The smallest absolute Gasteiger partial charge is 0.168 e. The van der Waals surface area contributed by atoms with Crippen LogP contribution >= 0.6 is 11.8 Å². The van der Waals surface area contributed by atoms with Crippen molar-refractivity contribution >= 4 is 11.8 Å². The summed E-state index contributed by atoms with van der Waals surface area (Å²) < 4.78 is 2.19. The quantitative estimate of drug-likeness (QED) is 0.630. The van der Waals surface area contributed by atoms with E-state index >= 15 is 0 Å². The van der Waals surface area contributed by atoms with Crippen LogP contribution in [0.15, 0.2) is 47.9 Å². The largest absolute Gasteiger partial charge is 0.322 e. The minimum absolute atomic E-state index is 0. The molecule has 0 aliphatic rings. The first-order chi connectivity index (χ1) is 8.40. The number of nitrogens with one attached hydrogen (secondary N) is 1. The molecule has 2 rings (SSSR count). The van der Waals surface area contributed by atoms with Gasteiger partial charge in [0.1, 0.15) is 0 Å². The average molecular weight is 249 g/mol. The molecule has 0 aliphatic carbocycles. The molecule has 0 aliphatic heterocycles. The molecule has 1 heterocycles. The van der Waals surface area contributed by atoms with Crippen LogP contribution in [0.5, 0.6) is 0 Å². The first-order valence-corrected chi connectivity index (χ1v) is 6.71. The molecule has 0 bridgehead atoms. The van der Waals surface area contributed by atoms with E-state index in [-0.39, 0.29) is 1.43 Å². The van der Waals surface area contributed by atoms with E-state index in [9.17, 15) is 0 Å². The zero-order valence-corrected chi connectivity index (χ0v) is 10.8. The summed E-state index contributed by atoms with van der Waals surface area (Å²) >= 11 is 1.79. The highest BCUT2D eigenvalue weighted by molar-refractivity contribution is 7.99. The van der Waals surface area contributed by atoms with Gasteiger partial charge in [-0.25, -0.2) is 4.98 Å². The van der Waals surface area contributed by atoms with Crippen molar-refractivity contribution in [1.29, 1.82) is 0 Å². The molecule has 1 aromatic carbocycles. The van der Waals surface area contributed by atoms with E-state index in [4.69, 9.17) is 0 Å². The topological polar surface area (TPSA) is 29.9 Å². The third-order valence-corrected chi connectivity index (χ3v) is 3.46. The van der Waals surface area contributed by atoms with Crippen molar-refractivity contribution < 1.29 is 1.43 Å². The Kier molecular flexibility index (Phi) is 4.64. The van der Waals surface area contributed by atoms with E-state index < -0.39 is 0 Å². The fourth-order valence-electron chi connectivity index (χ4n) is 1.58. The zero-order chi connectivity index (χ0) is 11.9. The minimum atomic E-state index is 0. The molecule has 4 heteroatoms. The van der Waals surface area contributed by atoms with Crippen LogP contribution in [0.25, 0.3) is 0 Å². The molecule has 0 amide bonds. The van der Waals surface area contributed by atoms with Gasteiger partial charge in [0.2, 0.25) is 0 Å². The average Bonchev–Trinajstić information content (AvgIpc) is 2.79. The van der Waals surface area contributed by atoms with Crippen LogP contribution in [0.3, 0.4) is 0 Å². The third-order valence-electron chi connectivity index (χ3n) is 2.46.